The van der Waals surface area contributed by atoms with Crippen molar-refractivity contribution in [2.45, 2.75) is 0 Å². The van der Waals surface area contributed by atoms with Gasteiger partial charge in [0.1, 0.15) is 10.4 Å². The number of hydrogen-bond acceptors (Lipinski definition) is 6. The van der Waals surface area contributed by atoms with Gasteiger partial charge in [0, 0.05) is 43.1 Å². The molecule has 0 aliphatic heterocycles. The fourth-order valence-electron chi connectivity index (χ4n) is 8.50. The molecule has 0 unspecified atom stereocenters. The van der Waals surface area contributed by atoms with Crippen molar-refractivity contribution >= 4 is 53.7 Å². The van der Waals surface area contributed by atoms with Crippen LogP contribution in [0.1, 0.15) is 0 Å². The van der Waals surface area contributed by atoms with E-state index in [-0.39, 0.29) is 0 Å². The Hall–Kier alpha value is -8.06. The van der Waals surface area contributed by atoms with Gasteiger partial charge in [-0.3, -0.25) is 0 Å². The van der Waals surface area contributed by atoms with Crippen molar-refractivity contribution in [2.75, 3.05) is 0 Å². The minimum absolute atomic E-state index is 0.562. The molecule has 0 bridgehead atoms. The summed E-state index contributed by atoms with van der Waals surface area (Å²) in [6.45, 7) is 0. The molecule has 290 valence electrons. The maximum atomic E-state index is 6.41. The third kappa shape index (κ3) is 6.33. The van der Waals surface area contributed by atoms with Gasteiger partial charge in [0.25, 0.3) is 0 Å². The van der Waals surface area contributed by atoms with Crippen LogP contribution in [0.3, 0.4) is 0 Å². The van der Waals surface area contributed by atoms with Crippen LogP contribution in [-0.2, 0) is 0 Å². The minimum atomic E-state index is 0.562. The van der Waals surface area contributed by atoms with E-state index in [9.17, 15) is 0 Å². The molecular weight excluding hydrogens is 777 g/mol. The molecular formula is C56H34N4OS. The Morgan fingerprint density at radius 2 is 0.806 bits per heavy atom. The van der Waals surface area contributed by atoms with Gasteiger partial charge in [-0.25, -0.2) is 15.0 Å². The molecule has 0 fully saturated rings. The van der Waals surface area contributed by atoms with Gasteiger partial charge < -0.3 is 4.42 Å². The van der Waals surface area contributed by atoms with E-state index in [0.717, 1.165) is 87.9 Å². The number of thiophene rings is 1. The van der Waals surface area contributed by atoms with Crippen molar-refractivity contribution < 1.29 is 4.42 Å². The average molecular weight is 811 g/mol. The van der Waals surface area contributed by atoms with Crippen LogP contribution in [0.15, 0.2) is 211 Å². The number of benzene rings is 8. The Kier molecular flexibility index (Phi) is 8.61. The van der Waals surface area contributed by atoms with Crippen LogP contribution in [0, 0.1) is 0 Å². The molecule has 0 spiro atoms. The predicted molar refractivity (Wildman–Crippen MR) is 256 cm³/mol. The molecule has 0 radical (unpaired) electrons. The summed E-state index contributed by atoms with van der Waals surface area (Å²) >= 11 is 1.71. The van der Waals surface area contributed by atoms with Crippen molar-refractivity contribution in [1.82, 2.24) is 19.9 Å². The SMILES string of the molecule is c1ccc(-c2ccc(-c3nc(-c4cccc(-c5cccc(-c6nc(-c7ccc(-c8ccccc8)cc7)c7c(n6)oc6ccccc67)c5)c4)c4c(n3)sc3ccccc34)cc2)cc1. The first-order chi connectivity index (χ1) is 30.7. The van der Waals surface area contributed by atoms with Crippen molar-refractivity contribution in [2.24, 2.45) is 0 Å². The highest BCUT2D eigenvalue weighted by Crippen LogP contribution is 2.41. The van der Waals surface area contributed by atoms with E-state index >= 15 is 0 Å². The summed E-state index contributed by atoms with van der Waals surface area (Å²) in [6, 6.07) is 71.7. The van der Waals surface area contributed by atoms with Crippen molar-refractivity contribution in [3.8, 4) is 78.7 Å². The number of aromatic nitrogens is 4. The molecule has 0 aliphatic carbocycles. The van der Waals surface area contributed by atoms with Gasteiger partial charge in [-0.15, -0.1) is 11.3 Å². The number of rotatable bonds is 7. The first-order valence-electron chi connectivity index (χ1n) is 20.6. The van der Waals surface area contributed by atoms with Crippen LogP contribution in [0.25, 0.3) is 121 Å². The van der Waals surface area contributed by atoms with E-state index in [2.05, 4.69) is 176 Å². The average Bonchev–Trinajstić information content (AvgIpc) is 3.93. The predicted octanol–water partition coefficient (Wildman–Crippen LogP) is 15.2. The maximum absolute atomic E-state index is 6.41. The monoisotopic (exact) mass is 810 g/mol. The fourth-order valence-corrected chi connectivity index (χ4v) is 9.58. The lowest BCUT2D eigenvalue weighted by Crippen LogP contribution is -1.95. The van der Waals surface area contributed by atoms with Crippen LogP contribution >= 0.6 is 11.3 Å². The van der Waals surface area contributed by atoms with E-state index in [1.807, 2.05) is 30.3 Å². The zero-order valence-electron chi connectivity index (χ0n) is 33.2. The molecule has 62 heavy (non-hydrogen) atoms. The highest BCUT2D eigenvalue weighted by atomic mass is 32.1. The largest absolute Gasteiger partial charge is 0.438 e. The summed E-state index contributed by atoms with van der Waals surface area (Å²) in [5, 5.41) is 4.12. The standard InChI is InChI=1S/C56H34N4OS/c1-3-13-35(14-4-1)37-25-29-39(30-26-37)51-49-45-21-7-9-23-47(45)61-55(49)59-54(57-51)44-20-12-18-42(34-44)41-17-11-19-43(33-41)52-50-46-22-8-10-24-48(46)62-56(50)60-53(58-52)40-31-27-38(28-32-40)36-15-5-2-6-16-36/h1-34H. The quantitative estimate of drug-likeness (QED) is 0.160. The van der Waals surface area contributed by atoms with E-state index in [4.69, 9.17) is 24.4 Å². The molecule has 8 aromatic carbocycles. The van der Waals surface area contributed by atoms with Gasteiger partial charge in [-0.1, -0.05) is 182 Å². The Morgan fingerprint density at radius 1 is 0.323 bits per heavy atom. The third-order valence-corrected chi connectivity index (χ3v) is 12.6. The smallest absolute Gasteiger partial charge is 0.231 e. The molecule has 0 N–H and O–H groups in total. The number of nitrogens with zero attached hydrogens (tertiary/aromatic N) is 4. The summed E-state index contributed by atoms with van der Waals surface area (Å²) in [5.41, 5.74) is 13.7. The van der Waals surface area contributed by atoms with Gasteiger partial charge >= 0.3 is 0 Å². The van der Waals surface area contributed by atoms with E-state index < -0.39 is 0 Å². The Balaban J connectivity index is 0.957. The van der Waals surface area contributed by atoms with E-state index in [0.29, 0.717) is 17.4 Å². The van der Waals surface area contributed by atoms with Gasteiger partial charge in [-0.05, 0) is 57.6 Å². The third-order valence-electron chi connectivity index (χ3n) is 11.6. The first-order valence-corrected chi connectivity index (χ1v) is 21.4. The summed E-state index contributed by atoms with van der Waals surface area (Å²) in [7, 11) is 0. The number of hydrogen-bond donors (Lipinski definition) is 0. The second kappa shape index (κ2) is 14.9. The second-order valence-corrected chi connectivity index (χ2v) is 16.4. The van der Waals surface area contributed by atoms with Crippen molar-refractivity contribution in [3.05, 3.63) is 206 Å². The summed E-state index contributed by atoms with van der Waals surface area (Å²) in [6.07, 6.45) is 0. The molecule has 4 heterocycles. The van der Waals surface area contributed by atoms with Crippen molar-refractivity contribution in [1.29, 1.82) is 0 Å². The molecule has 6 heteroatoms. The molecule has 0 saturated carbocycles. The maximum Gasteiger partial charge on any atom is 0.231 e. The molecule has 0 aliphatic rings. The normalized spacial score (nSPS) is 11.5. The molecule has 0 saturated heterocycles. The van der Waals surface area contributed by atoms with Gasteiger partial charge in [0.05, 0.1) is 16.8 Å². The molecule has 12 aromatic rings. The van der Waals surface area contributed by atoms with E-state index in [1.165, 1.54) is 15.8 Å². The van der Waals surface area contributed by atoms with E-state index in [1.54, 1.807) is 11.3 Å². The summed E-state index contributed by atoms with van der Waals surface area (Å²) in [4.78, 5) is 21.8. The number of fused-ring (bicyclic) bond motifs is 6. The van der Waals surface area contributed by atoms with Crippen LogP contribution in [0.5, 0.6) is 0 Å². The lowest BCUT2D eigenvalue weighted by atomic mass is 9.98. The minimum Gasteiger partial charge on any atom is -0.438 e. The first kappa shape index (κ1) is 35.8. The lowest BCUT2D eigenvalue weighted by molar-refractivity contribution is 0.653. The number of para-hydroxylation sites is 1. The highest BCUT2D eigenvalue weighted by Gasteiger charge is 2.20. The summed E-state index contributed by atoms with van der Waals surface area (Å²) < 4.78 is 7.60. The van der Waals surface area contributed by atoms with Crippen LogP contribution in [0.2, 0.25) is 0 Å². The molecule has 12 rings (SSSR count). The Morgan fingerprint density at radius 3 is 1.50 bits per heavy atom. The van der Waals surface area contributed by atoms with Crippen LogP contribution in [0.4, 0.5) is 0 Å². The zero-order valence-corrected chi connectivity index (χ0v) is 34.1. The van der Waals surface area contributed by atoms with Gasteiger partial charge in [0.2, 0.25) is 5.71 Å². The topological polar surface area (TPSA) is 64.7 Å². The van der Waals surface area contributed by atoms with Crippen molar-refractivity contribution in [3.63, 3.8) is 0 Å². The molecule has 4 aromatic heterocycles. The molecule has 5 nitrogen and oxygen atoms in total. The molecule has 0 amide bonds. The van der Waals surface area contributed by atoms with Crippen LogP contribution in [-0.4, -0.2) is 19.9 Å². The Bertz CT molecular complexity index is 3620. The number of furan rings is 1. The molecule has 0 atom stereocenters. The van der Waals surface area contributed by atoms with Crippen LogP contribution < -0.4 is 0 Å². The van der Waals surface area contributed by atoms with Gasteiger partial charge in [-0.2, -0.15) is 4.98 Å². The zero-order chi connectivity index (χ0) is 41.0. The summed E-state index contributed by atoms with van der Waals surface area (Å²) in [5.74, 6) is 1.30. The van der Waals surface area contributed by atoms with Gasteiger partial charge in [0.15, 0.2) is 11.6 Å². The Labute approximate surface area is 361 Å². The highest BCUT2D eigenvalue weighted by molar-refractivity contribution is 7.25. The second-order valence-electron chi connectivity index (χ2n) is 15.4. The fraction of sp³-hybridized carbons (Fsp3) is 0. The lowest BCUT2D eigenvalue weighted by Gasteiger charge is -2.11.